The predicted octanol–water partition coefficient (Wildman–Crippen LogP) is 2.88. The average Bonchev–Trinajstić information content (AvgIpc) is 2.20. The van der Waals surface area contributed by atoms with Gasteiger partial charge in [-0.15, -0.1) is 0 Å². The van der Waals surface area contributed by atoms with Crippen molar-refractivity contribution in [2.24, 2.45) is 0 Å². The van der Waals surface area contributed by atoms with Gasteiger partial charge in [0, 0.05) is 23.0 Å². The summed E-state index contributed by atoms with van der Waals surface area (Å²) in [5, 5.41) is 13.0. The van der Waals surface area contributed by atoms with Crippen LogP contribution >= 0.6 is 15.9 Å². The molecule has 1 atom stereocenters. The SMILES string of the molecule is CC(C)(C)NCC(O)Cc1cc(Br)ccc1F. The molecule has 0 saturated carbocycles. The minimum absolute atomic E-state index is 0.0448. The van der Waals surface area contributed by atoms with Crippen molar-refractivity contribution in [3.8, 4) is 0 Å². The van der Waals surface area contributed by atoms with Crippen molar-refractivity contribution in [2.75, 3.05) is 6.54 Å². The third-order valence-corrected chi connectivity index (χ3v) is 2.82. The van der Waals surface area contributed by atoms with Crippen LogP contribution in [0.2, 0.25) is 0 Å². The zero-order valence-electron chi connectivity index (χ0n) is 10.4. The topological polar surface area (TPSA) is 32.3 Å². The maximum absolute atomic E-state index is 13.5. The van der Waals surface area contributed by atoms with Crippen LogP contribution in [0.25, 0.3) is 0 Å². The minimum atomic E-state index is -0.585. The van der Waals surface area contributed by atoms with Crippen LogP contribution in [-0.4, -0.2) is 23.3 Å². The molecule has 0 spiro atoms. The summed E-state index contributed by atoms with van der Waals surface area (Å²) in [6.45, 7) is 6.54. The first-order valence-corrected chi connectivity index (χ1v) is 6.44. The second kappa shape index (κ2) is 5.94. The van der Waals surface area contributed by atoms with Gasteiger partial charge >= 0.3 is 0 Å². The Balaban J connectivity index is 2.56. The van der Waals surface area contributed by atoms with E-state index in [1.54, 1.807) is 12.1 Å². The van der Waals surface area contributed by atoms with Crippen LogP contribution in [0.5, 0.6) is 0 Å². The number of hydrogen-bond acceptors (Lipinski definition) is 2. The van der Waals surface area contributed by atoms with Gasteiger partial charge in [-0.2, -0.15) is 0 Å². The van der Waals surface area contributed by atoms with Crippen molar-refractivity contribution < 1.29 is 9.50 Å². The monoisotopic (exact) mass is 303 g/mol. The van der Waals surface area contributed by atoms with Gasteiger partial charge < -0.3 is 10.4 Å². The molecule has 0 aromatic heterocycles. The molecule has 0 aliphatic rings. The minimum Gasteiger partial charge on any atom is -0.391 e. The molecule has 0 heterocycles. The molecule has 0 amide bonds. The Morgan fingerprint density at radius 1 is 1.41 bits per heavy atom. The molecule has 0 aliphatic carbocycles. The summed E-state index contributed by atoms with van der Waals surface area (Å²) < 4.78 is 14.3. The highest BCUT2D eigenvalue weighted by molar-refractivity contribution is 9.10. The average molecular weight is 304 g/mol. The number of aliphatic hydroxyl groups excluding tert-OH is 1. The van der Waals surface area contributed by atoms with Crippen LogP contribution in [-0.2, 0) is 6.42 Å². The zero-order valence-corrected chi connectivity index (χ0v) is 12.0. The lowest BCUT2D eigenvalue weighted by Gasteiger charge is -2.23. The van der Waals surface area contributed by atoms with Gasteiger partial charge in [0.15, 0.2) is 0 Å². The second-order valence-corrected chi connectivity index (χ2v) is 6.14. The summed E-state index contributed by atoms with van der Waals surface area (Å²) in [6.07, 6.45) is -0.271. The zero-order chi connectivity index (χ0) is 13.1. The first-order valence-electron chi connectivity index (χ1n) is 5.65. The van der Waals surface area contributed by atoms with Crippen LogP contribution in [0.4, 0.5) is 4.39 Å². The van der Waals surface area contributed by atoms with Crippen LogP contribution in [0.3, 0.4) is 0 Å². The number of nitrogens with one attached hydrogen (secondary N) is 1. The highest BCUT2D eigenvalue weighted by Gasteiger charge is 2.14. The van der Waals surface area contributed by atoms with Crippen LogP contribution in [0, 0.1) is 5.82 Å². The molecule has 1 aromatic rings. The molecule has 4 heteroatoms. The van der Waals surface area contributed by atoms with Crippen LogP contribution in [0.15, 0.2) is 22.7 Å². The highest BCUT2D eigenvalue weighted by atomic mass is 79.9. The highest BCUT2D eigenvalue weighted by Crippen LogP contribution is 2.17. The molecule has 0 saturated heterocycles. The summed E-state index contributed by atoms with van der Waals surface area (Å²) in [6, 6.07) is 4.76. The Morgan fingerprint density at radius 2 is 2.06 bits per heavy atom. The van der Waals surface area contributed by atoms with Gasteiger partial charge in [0.1, 0.15) is 5.82 Å². The summed E-state index contributed by atoms with van der Waals surface area (Å²) >= 11 is 3.29. The molecule has 2 N–H and O–H groups in total. The van der Waals surface area contributed by atoms with E-state index in [1.165, 1.54) is 6.07 Å². The summed E-state index contributed by atoms with van der Waals surface area (Å²) in [5.74, 6) is -0.275. The standard InChI is InChI=1S/C13H19BrFNO/c1-13(2,3)16-8-11(17)7-9-6-10(14)4-5-12(9)15/h4-6,11,16-17H,7-8H2,1-3H3. The van der Waals surface area contributed by atoms with Crippen molar-refractivity contribution in [1.29, 1.82) is 0 Å². The molecule has 0 aliphatic heterocycles. The largest absolute Gasteiger partial charge is 0.391 e. The fourth-order valence-electron chi connectivity index (χ4n) is 1.45. The van der Waals surface area contributed by atoms with E-state index in [2.05, 4.69) is 21.2 Å². The van der Waals surface area contributed by atoms with E-state index in [4.69, 9.17) is 0 Å². The normalized spacial score (nSPS) is 13.8. The van der Waals surface area contributed by atoms with Gasteiger partial charge in [-0.05, 0) is 44.5 Å². The van der Waals surface area contributed by atoms with E-state index in [0.717, 1.165) is 4.47 Å². The lowest BCUT2D eigenvalue weighted by atomic mass is 10.1. The fourth-order valence-corrected chi connectivity index (χ4v) is 1.86. The first kappa shape index (κ1) is 14.6. The fraction of sp³-hybridized carbons (Fsp3) is 0.538. The molecule has 1 aromatic carbocycles. The van der Waals surface area contributed by atoms with E-state index in [-0.39, 0.29) is 11.4 Å². The Labute approximate surface area is 110 Å². The lowest BCUT2D eigenvalue weighted by molar-refractivity contribution is 0.160. The van der Waals surface area contributed by atoms with Gasteiger partial charge in [0.05, 0.1) is 6.10 Å². The molecule has 0 fully saturated rings. The van der Waals surface area contributed by atoms with Crippen molar-refractivity contribution in [3.63, 3.8) is 0 Å². The molecule has 17 heavy (non-hydrogen) atoms. The molecule has 0 bridgehead atoms. The summed E-state index contributed by atoms with van der Waals surface area (Å²) in [5.41, 5.74) is 0.485. The van der Waals surface area contributed by atoms with E-state index in [0.29, 0.717) is 18.5 Å². The number of hydrogen-bond donors (Lipinski definition) is 2. The maximum atomic E-state index is 13.5. The van der Waals surface area contributed by atoms with Gasteiger partial charge in [0.25, 0.3) is 0 Å². The van der Waals surface area contributed by atoms with Crippen LogP contribution in [0.1, 0.15) is 26.3 Å². The molecule has 96 valence electrons. The Morgan fingerprint density at radius 3 is 2.65 bits per heavy atom. The molecule has 0 radical (unpaired) electrons. The molecule has 2 nitrogen and oxygen atoms in total. The van der Waals surface area contributed by atoms with Crippen molar-refractivity contribution in [2.45, 2.75) is 38.8 Å². The number of rotatable bonds is 4. The number of benzene rings is 1. The Hall–Kier alpha value is -0.450. The van der Waals surface area contributed by atoms with E-state index in [1.807, 2.05) is 20.8 Å². The summed E-state index contributed by atoms with van der Waals surface area (Å²) in [7, 11) is 0. The summed E-state index contributed by atoms with van der Waals surface area (Å²) in [4.78, 5) is 0. The predicted molar refractivity (Wildman–Crippen MR) is 71.6 cm³/mol. The Kier molecular flexibility index (Phi) is 5.10. The Bertz CT molecular complexity index is 376. The van der Waals surface area contributed by atoms with E-state index >= 15 is 0 Å². The van der Waals surface area contributed by atoms with E-state index in [9.17, 15) is 9.50 Å². The molecular formula is C13H19BrFNO. The third kappa shape index (κ3) is 5.61. The van der Waals surface area contributed by atoms with Gasteiger partial charge in [-0.25, -0.2) is 4.39 Å². The first-order chi connectivity index (χ1) is 7.78. The third-order valence-electron chi connectivity index (χ3n) is 2.33. The second-order valence-electron chi connectivity index (χ2n) is 5.22. The quantitative estimate of drug-likeness (QED) is 0.896. The lowest BCUT2D eigenvalue weighted by Crippen LogP contribution is -2.41. The van der Waals surface area contributed by atoms with Gasteiger partial charge in [-0.1, -0.05) is 15.9 Å². The number of β-amino-alcohol motifs (C(OH)–C–C–N with tert-alkyl or cyclic N) is 1. The number of halogens is 2. The molecular weight excluding hydrogens is 285 g/mol. The van der Waals surface area contributed by atoms with Crippen LogP contribution < -0.4 is 5.32 Å². The number of aliphatic hydroxyl groups is 1. The smallest absolute Gasteiger partial charge is 0.126 e. The molecule has 1 unspecified atom stereocenters. The van der Waals surface area contributed by atoms with Crippen molar-refractivity contribution >= 4 is 15.9 Å². The van der Waals surface area contributed by atoms with Crippen molar-refractivity contribution in [1.82, 2.24) is 5.32 Å². The van der Waals surface area contributed by atoms with Gasteiger partial charge in [0.2, 0.25) is 0 Å². The van der Waals surface area contributed by atoms with E-state index < -0.39 is 6.10 Å². The van der Waals surface area contributed by atoms with Crippen molar-refractivity contribution in [3.05, 3.63) is 34.1 Å². The maximum Gasteiger partial charge on any atom is 0.126 e. The van der Waals surface area contributed by atoms with Gasteiger partial charge in [-0.3, -0.25) is 0 Å². The molecule has 1 rings (SSSR count).